The van der Waals surface area contributed by atoms with E-state index in [9.17, 15) is 9.59 Å². The van der Waals surface area contributed by atoms with Crippen LogP contribution in [0.25, 0.3) is 0 Å². The second kappa shape index (κ2) is 11.9. The van der Waals surface area contributed by atoms with E-state index >= 15 is 0 Å². The molecule has 0 aliphatic carbocycles. The normalized spacial score (nSPS) is 11.8. The maximum atomic E-state index is 13.1. The highest BCUT2D eigenvalue weighted by molar-refractivity contribution is 7.99. The summed E-state index contributed by atoms with van der Waals surface area (Å²) in [6.07, 6.45) is 0. The highest BCUT2D eigenvalue weighted by Gasteiger charge is 2.26. The Balaban J connectivity index is 2.10. The van der Waals surface area contributed by atoms with Crippen LogP contribution in [0.5, 0.6) is 5.75 Å². The first-order chi connectivity index (χ1) is 14.3. The number of ether oxygens (including phenoxy) is 1. The number of benzene rings is 2. The Bertz CT molecular complexity index is 860. The van der Waals surface area contributed by atoms with E-state index in [1.807, 2.05) is 62.4 Å². The summed E-state index contributed by atoms with van der Waals surface area (Å²) < 4.78 is 5.28. The van der Waals surface area contributed by atoms with E-state index in [2.05, 4.69) is 5.32 Å². The lowest BCUT2D eigenvalue weighted by Crippen LogP contribution is -2.49. The lowest BCUT2D eigenvalue weighted by Gasteiger charge is -2.29. The molecule has 0 heterocycles. The zero-order chi connectivity index (χ0) is 22.1. The van der Waals surface area contributed by atoms with Gasteiger partial charge in [-0.2, -0.15) is 0 Å². The molecule has 2 aromatic rings. The van der Waals surface area contributed by atoms with Gasteiger partial charge in [-0.15, -0.1) is 11.8 Å². The number of methoxy groups -OCH3 is 1. The molecule has 162 valence electrons. The summed E-state index contributed by atoms with van der Waals surface area (Å²) >= 11 is 7.54. The number of rotatable bonds is 10. The maximum absolute atomic E-state index is 13.1. The lowest BCUT2D eigenvalue weighted by atomic mass is 10.1. The van der Waals surface area contributed by atoms with Crippen molar-refractivity contribution in [3.8, 4) is 5.75 Å². The molecule has 7 heteroatoms. The molecule has 2 aromatic carbocycles. The van der Waals surface area contributed by atoms with Crippen molar-refractivity contribution in [3.05, 3.63) is 64.7 Å². The zero-order valence-electron chi connectivity index (χ0n) is 17.9. The van der Waals surface area contributed by atoms with E-state index in [1.54, 1.807) is 18.9 Å². The summed E-state index contributed by atoms with van der Waals surface area (Å²) in [5.41, 5.74) is 1.97. The van der Waals surface area contributed by atoms with Gasteiger partial charge in [0, 0.05) is 23.4 Å². The first-order valence-corrected chi connectivity index (χ1v) is 11.4. The van der Waals surface area contributed by atoms with Crippen LogP contribution >= 0.6 is 23.4 Å². The van der Waals surface area contributed by atoms with Crippen molar-refractivity contribution in [3.63, 3.8) is 0 Å². The van der Waals surface area contributed by atoms with Gasteiger partial charge in [-0.25, -0.2) is 0 Å². The molecule has 0 saturated heterocycles. The molecule has 5 nitrogen and oxygen atoms in total. The van der Waals surface area contributed by atoms with Crippen LogP contribution in [0.1, 0.15) is 31.9 Å². The number of halogens is 1. The number of nitrogens with one attached hydrogen (secondary N) is 1. The Morgan fingerprint density at radius 2 is 1.80 bits per heavy atom. The van der Waals surface area contributed by atoms with Crippen molar-refractivity contribution >= 4 is 35.2 Å². The molecule has 0 bridgehead atoms. The number of hydrogen-bond acceptors (Lipinski definition) is 4. The number of amides is 2. The molecule has 2 rings (SSSR count). The van der Waals surface area contributed by atoms with Gasteiger partial charge in [0.15, 0.2) is 0 Å². The van der Waals surface area contributed by atoms with Gasteiger partial charge < -0.3 is 15.0 Å². The molecule has 0 spiro atoms. The molecule has 0 unspecified atom stereocenters. The fraction of sp³-hybridized carbons (Fsp3) is 0.391. The van der Waals surface area contributed by atoms with Crippen molar-refractivity contribution in [2.24, 2.45) is 0 Å². The van der Waals surface area contributed by atoms with Crippen LogP contribution in [0.2, 0.25) is 5.02 Å². The smallest absolute Gasteiger partial charge is 0.242 e. The van der Waals surface area contributed by atoms with Gasteiger partial charge in [-0.3, -0.25) is 9.59 Å². The molecule has 1 N–H and O–H groups in total. The number of hydrogen-bond donors (Lipinski definition) is 1. The second-order valence-corrected chi connectivity index (χ2v) is 8.76. The number of thioether (sulfide) groups is 1. The Kier molecular flexibility index (Phi) is 9.53. The fourth-order valence-corrected chi connectivity index (χ4v) is 3.99. The highest BCUT2D eigenvalue weighted by Crippen LogP contribution is 2.20. The van der Waals surface area contributed by atoms with Gasteiger partial charge >= 0.3 is 0 Å². The van der Waals surface area contributed by atoms with Crippen LogP contribution in [-0.2, 0) is 21.9 Å². The predicted octanol–water partition coefficient (Wildman–Crippen LogP) is 4.52. The van der Waals surface area contributed by atoms with Gasteiger partial charge in [0.05, 0.1) is 12.9 Å². The van der Waals surface area contributed by atoms with Crippen molar-refractivity contribution in [1.29, 1.82) is 0 Å². The van der Waals surface area contributed by atoms with E-state index in [4.69, 9.17) is 16.3 Å². The standard InChI is InChI=1S/C23H29ClN2O3S/c1-16(2)25-23(28)17(3)26(13-18-7-6-10-21(12-18)29-4)22(27)15-30-14-19-8-5-9-20(24)11-19/h5-12,16-17H,13-15H2,1-4H3,(H,25,28)/t17-/m1/s1. The first kappa shape index (κ1) is 24.1. The largest absolute Gasteiger partial charge is 0.497 e. The summed E-state index contributed by atoms with van der Waals surface area (Å²) in [5.74, 6) is 1.41. The third kappa shape index (κ3) is 7.58. The summed E-state index contributed by atoms with van der Waals surface area (Å²) in [7, 11) is 1.60. The van der Waals surface area contributed by atoms with Crippen LogP contribution in [0.15, 0.2) is 48.5 Å². The Morgan fingerprint density at radius 3 is 2.47 bits per heavy atom. The average Bonchev–Trinajstić information content (AvgIpc) is 2.71. The molecule has 30 heavy (non-hydrogen) atoms. The fourth-order valence-electron chi connectivity index (χ4n) is 2.92. The maximum Gasteiger partial charge on any atom is 0.242 e. The van der Waals surface area contributed by atoms with E-state index in [0.717, 1.165) is 16.9 Å². The van der Waals surface area contributed by atoms with E-state index in [1.165, 1.54) is 11.8 Å². The average molecular weight is 449 g/mol. The van der Waals surface area contributed by atoms with Crippen molar-refractivity contribution in [2.45, 2.75) is 45.2 Å². The van der Waals surface area contributed by atoms with Gasteiger partial charge in [-0.05, 0) is 56.2 Å². The minimum atomic E-state index is -0.585. The molecule has 0 fully saturated rings. The summed E-state index contributed by atoms with van der Waals surface area (Å²) in [5, 5.41) is 3.57. The molecule has 0 radical (unpaired) electrons. The number of carbonyl (C=O) groups excluding carboxylic acids is 2. The molecular formula is C23H29ClN2O3S. The summed E-state index contributed by atoms with van der Waals surface area (Å²) in [6, 6.07) is 14.6. The number of nitrogens with zero attached hydrogens (tertiary/aromatic N) is 1. The van der Waals surface area contributed by atoms with Crippen LogP contribution in [-0.4, -0.2) is 41.7 Å². The molecule has 2 amide bonds. The van der Waals surface area contributed by atoms with Crippen LogP contribution in [0.4, 0.5) is 0 Å². The molecule has 1 atom stereocenters. The van der Waals surface area contributed by atoms with E-state index in [-0.39, 0.29) is 23.6 Å². The second-order valence-electron chi connectivity index (χ2n) is 7.34. The van der Waals surface area contributed by atoms with E-state index in [0.29, 0.717) is 17.3 Å². The Hall–Kier alpha value is -2.18. The Labute approximate surface area is 188 Å². The van der Waals surface area contributed by atoms with Crippen molar-refractivity contribution in [2.75, 3.05) is 12.9 Å². The molecule has 0 saturated carbocycles. The van der Waals surface area contributed by atoms with E-state index < -0.39 is 6.04 Å². The summed E-state index contributed by atoms with van der Waals surface area (Å²) in [4.78, 5) is 27.3. The van der Waals surface area contributed by atoms with Crippen molar-refractivity contribution < 1.29 is 14.3 Å². The SMILES string of the molecule is COc1cccc(CN(C(=O)CSCc2cccc(Cl)c2)[C@H](C)C(=O)NC(C)C)c1. The molecular weight excluding hydrogens is 420 g/mol. The highest BCUT2D eigenvalue weighted by atomic mass is 35.5. The number of carbonyl (C=O) groups is 2. The quantitative estimate of drug-likeness (QED) is 0.580. The Morgan fingerprint density at radius 1 is 1.10 bits per heavy atom. The zero-order valence-corrected chi connectivity index (χ0v) is 19.4. The van der Waals surface area contributed by atoms with Crippen LogP contribution < -0.4 is 10.1 Å². The topological polar surface area (TPSA) is 58.6 Å². The minimum Gasteiger partial charge on any atom is -0.497 e. The van der Waals surface area contributed by atoms with Gasteiger partial charge in [0.1, 0.15) is 11.8 Å². The third-order valence-corrected chi connectivity index (χ3v) is 5.69. The molecule has 0 aromatic heterocycles. The van der Waals surface area contributed by atoms with Gasteiger partial charge in [0.25, 0.3) is 0 Å². The third-order valence-electron chi connectivity index (χ3n) is 4.47. The van der Waals surface area contributed by atoms with Gasteiger partial charge in [-0.1, -0.05) is 35.9 Å². The van der Waals surface area contributed by atoms with Gasteiger partial charge in [0.2, 0.25) is 11.8 Å². The minimum absolute atomic E-state index is 0.00549. The molecule has 0 aliphatic rings. The summed E-state index contributed by atoms with van der Waals surface area (Å²) in [6.45, 7) is 5.90. The van der Waals surface area contributed by atoms with Crippen molar-refractivity contribution in [1.82, 2.24) is 10.2 Å². The monoisotopic (exact) mass is 448 g/mol. The van der Waals surface area contributed by atoms with Crippen LogP contribution in [0.3, 0.4) is 0 Å². The predicted molar refractivity (Wildman–Crippen MR) is 124 cm³/mol. The lowest BCUT2D eigenvalue weighted by molar-refractivity contribution is -0.138. The first-order valence-electron chi connectivity index (χ1n) is 9.85. The van der Waals surface area contributed by atoms with Crippen LogP contribution in [0, 0.1) is 0 Å². The molecule has 0 aliphatic heterocycles.